The van der Waals surface area contributed by atoms with Crippen molar-refractivity contribution in [1.82, 2.24) is 10.3 Å². The van der Waals surface area contributed by atoms with Gasteiger partial charge < -0.3 is 16.0 Å². The van der Waals surface area contributed by atoms with Gasteiger partial charge in [0.15, 0.2) is 0 Å². The summed E-state index contributed by atoms with van der Waals surface area (Å²) >= 11 is 0. The molecule has 3 rings (SSSR count). The molecule has 150 valence electrons. The standard InChI is InChI=1S/C22H31N5O/c1-17-15-20(22(25-23)26-24)11-12-27(17)13-14-28-21-9-7-19(8-10-21)16-18-5-3-2-4-6-18/h2-10,17,20H,11-16,23-24H2,1H3,(H,25,26). The van der Waals surface area contributed by atoms with Gasteiger partial charge in [-0.1, -0.05) is 42.5 Å². The maximum atomic E-state index is 5.96. The second kappa shape index (κ2) is 10.1. The van der Waals surface area contributed by atoms with Crippen molar-refractivity contribution < 1.29 is 4.74 Å². The van der Waals surface area contributed by atoms with E-state index < -0.39 is 0 Å². The summed E-state index contributed by atoms with van der Waals surface area (Å²) in [4.78, 5) is 2.45. The zero-order valence-corrected chi connectivity index (χ0v) is 16.6. The average Bonchev–Trinajstić information content (AvgIpc) is 2.72. The van der Waals surface area contributed by atoms with Gasteiger partial charge in [-0.2, -0.15) is 5.10 Å². The Balaban J connectivity index is 1.43. The Morgan fingerprint density at radius 3 is 2.50 bits per heavy atom. The van der Waals surface area contributed by atoms with Gasteiger partial charge in [-0.15, -0.1) is 0 Å². The predicted octanol–water partition coefficient (Wildman–Crippen LogP) is 2.49. The fourth-order valence-electron chi connectivity index (χ4n) is 3.88. The van der Waals surface area contributed by atoms with Crippen LogP contribution < -0.4 is 21.8 Å². The molecule has 6 heteroatoms. The molecule has 1 aliphatic rings. The van der Waals surface area contributed by atoms with Gasteiger partial charge in [-0.05, 0) is 56.0 Å². The van der Waals surface area contributed by atoms with E-state index in [0.717, 1.165) is 38.1 Å². The first kappa shape index (κ1) is 20.2. The van der Waals surface area contributed by atoms with Crippen LogP contribution in [-0.2, 0) is 6.42 Å². The molecular weight excluding hydrogens is 350 g/mol. The molecule has 28 heavy (non-hydrogen) atoms. The molecule has 0 saturated carbocycles. The van der Waals surface area contributed by atoms with Crippen LogP contribution in [0.5, 0.6) is 5.75 Å². The van der Waals surface area contributed by atoms with Crippen LogP contribution in [0.4, 0.5) is 0 Å². The summed E-state index contributed by atoms with van der Waals surface area (Å²) in [5, 5.41) is 3.76. The smallest absolute Gasteiger partial charge is 0.139 e. The Kier molecular flexibility index (Phi) is 7.28. The molecule has 1 heterocycles. The third kappa shape index (κ3) is 5.47. The number of hydrogen-bond donors (Lipinski definition) is 3. The molecule has 2 unspecified atom stereocenters. The van der Waals surface area contributed by atoms with Crippen LogP contribution in [0.25, 0.3) is 0 Å². The number of piperidine rings is 1. The number of hydrazone groups is 1. The highest BCUT2D eigenvalue weighted by molar-refractivity contribution is 5.83. The molecular formula is C22H31N5O. The molecule has 0 radical (unpaired) electrons. The predicted molar refractivity (Wildman–Crippen MR) is 114 cm³/mol. The van der Waals surface area contributed by atoms with E-state index in [0.29, 0.717) is 24.4 Å². The van der Waals surface area contributed by atoms with E-state index in [1.165, 1.54) is 11.1 Å². The number of nitrogens with zero attached hydrogens (tertiary/aromatic N) is 2. The minimum atomic E-state index is 0.305. The fourth-order valence-corrected chi connectivity index (χ4v) is 3.88. The maximum absolute atomic E-state index is 5.96. The highest BCUT2D eigenvalue weighted by Gasteiger charge is 2.28. The van der Waals surface area contributed by atoms with Gasteiger partial charge in [-0.3, -0.25) is 4.90 Å². The van der Waals surface area contributed by atoms with E-state index in [4.69, 9.17) is 16.4 Å². The van der Waals surface area contributed by atoms with E-state index >= 15 is 0 Å². The molecule has 5 N–H and O–H groups in total. The van der Waals surface area contributed by atoms with Crippen LogP contribution in [0, 0.1) is 5.92 Å². The number of nitrogens with one attached hydrogen (secondary N) is 1. The lowest BCUT2D eigenvalue weighted by Gasteiger charge is -2.37. The van der Waals surface area contributed by atoms with Crippen molar-refractivity contribution in [3.8, 4) is 5.75 Å². The quantitative estimate of drug-likeness (QED) is 0.297. The van der Waals surface area contributed by atoms with E-state index in [2.05, 4.69) is 70.9 Å². The van der Waals surface area contributed by atoms with Gasteiger partial charge >= 0.3 is 0 Å². The third-order valence-electron chi connectivity index (χ3n) is 5.51. The van der Waals surface area contributed by atoms with Crippen LogP contribution >= 0.6 is 0 Å². The number of amidine groups is 1. The van der Waals surface area contributed by atoms with Gasteiger partial charge in [0.1, 0.15) is 18.2 Å². The minimum absolute atomic E-state index is 0.305. The zero-order chi connectivity index (χ0) is 19.8. The highest BCUT2D eigenvalue weighted by atomic mass is 16.5. The number of ether oxygens (including phenoxy) is 1. The summed E-state index contributed by atoms with van der Waals surface area (Å²) < 4.78 is 5.96. The number of hydrogen-bond acceptors (Lipinski definition) is 5. The first-order chi connectivity index (χ1) is 13.7. The highest BCUT2D eigenvalue weighted by Crippen LogP contribution is 2.23. The molecule has 0 spiro atoms. The molecule has 0 aromatic heterocycles. The summed E-state index contributed by atoms with van der Waals surface area (Å²) in [6.07, 6.45) is 2.94. The monoisotopic (exact) mass is 381 g/mol. The van der Waals surface area contributed by atoms with Gasteiger partial charge in [-0.25, -0.2) is 5.84 Å². The largest absolute Gasteiger partial charge is 0.492 e. The number of likely N-dealkylation sites (tertiary alicyclic amines) is 1. The number of benzene rings is 2. The topological polar surface area (TPSA) is 88.9 Å². The molecule has 1 aliphatic heterocycles. The molecule has 2 aromatic carbocycles. The average molecular weight is 382 g/mol. The Hall–Kier alpha value is -2.57. The molecule has 6 nitrogen and oxygen atoms in total. The van der Waals surface area contributed by atoms with E-state index in [1.807, 2.05) is 6.07 Å². The third-order valence-corrected chi connectivity index (χ3v) is 5.51. The molecule has 1 fully saturated rings. The van der Waals surface area contributed by atoms with Crippen molar-refractivity contribution in [2.75, 3.05) is 19.7 Å². The maximum Gasteiger partial charge on any atom is 0.139 e. The van der Waals surface area contributed by atoms with Crippen molar-refractivity contribution in [2.45, 2.75) is 32.2 Å². The Morgan fingerprint density at radius 2 is 1.86 bits per heavy atom. The van der Waals surface area contributed by atoms with Crippen LogP contribution in [0.15, 0.2) is 59.7 Å². The molecule has 2 atom stereocenters. The van der Waals surface area contributed by atoms with E-state index in [1.54, 1.807) is 0 Å². The lowest BCUT2D eigenvalue weighted by atomic mass is 9.90. The summed E-state index contributed by atoms with van der Waals surface area (Å²) in [5.74, 6) is 12.8. The second-order valence-electron chi connectivity index (χ2n) is 7.42. The number of hydrazine groups is 1. The Morgan fingerprint density at radius 1 is 1.14 bits per heavy atom. The molecule has 0 bridgehead atoms. The van der Waals surface area contributed by atoms with Gasteiger partial charge in [0, 0.05) is 18.5 Å². The van der Waals surface area contributed by atoms with Gasteiger partial charge in [0.25, 0.3) is 0 Å². The second-order valence-corrected chi connectivity index (χ2v) is 7.42. The number of rotatable bonds is 7. The first-order valence-corrected chi connectivity index (χ1v) is 9.93. The van der Waals surface area contributed by atoms with Crippen LogP contribution in [-0.4, -0.2) is 36.5 Å². The van der Waals surface area contributed by atoms with Crippen molar-refractivity contribution in [3.05, 3.63) is 65.7 Å². The molecule has 0 aliphatic carbocycles. The lowest BCUT2D eigenvalue weighted by Crippen LogP contribution is -2.48. The van der Waals surface area contributed by atoms with E-state index in [9.17, 15) is 0 Å². The zero-order valence-electron chi connectivity index (χ0n) is 16.6. The summed E-state index contributed by atoms with van der Waals surface area (Å²) in [7, 11) is 0. The summed E-state index contributed by atoms with van der Waals surface area (Å²) in [6, 6.07) is 19.4. The Labute approximate surface area is 167 Å². The van der Waals surface area contributed by atoms with Crippen LogP contribution in [0.3, 0.4) is 0 Å². The summed E-state index contributed by atoms with van der Waals surface area (Å²) in [5.41, 5.74) is 5.24. The van der Waals surface area contributed by atoms with Crippen LogP contribution in [0.2, 0.25) is 0 Å². The van der Waals surface area contributed by atoms with Gasteiger partial charge in [0.05, 0.1) is 0 Å². The van der Waals surface area contributed by atoms with Crippen molar-refractivity contribution in [3.63, 3.8) is 0 Å². The van der Waals surface area contributed by atoms with Crippen molar-refractivity contribution >= 4 is 5.84 Å². The van der Waals surface area contributed by atoms with Crippen LogP contribution in [0.1, 0.15) is 30.9 Å². The fraction of sp³-hybridized carbons (Fsp3) is 0.409. The van der Waals surface area contributed by atoms with E-state index in [-0.39, 0.29) is 0 Å². The number of nitrogens with two attached hydrogens (primary N) is 2. The molecule has 0 amide bonds. The summed E-state index contributed by atoms with van der Waals surface area (Å²) in [6.45, 7) is 4.81. The normalized spacial score (nSPS) is 20.7. The first-order valence-electron chi connectivity index (χ1n) is 9.93. The molecule has 1 saturated heterocycles. The van der Waals surface area contributed by atoms with Crippen molar-refractivity contribution in [2.24, 2.45) is 22.7 Å². The Bertz CT molecular complexity index is 747. The lowest BCUT2D eigenvalue weighted by molar-refractivity contribution is 0.119. The minimum Gasteiger partial charge on any atom is -0.492 e. The van der Waals surface area contributed by atoms with Crippen molar-refractivity contribution in [1.29, 1.82) is 0 Å². The van der Waals surface area contributed by atoms with Gasteiger partial charge in [0.2, 0.25) is 0 Å². The molecule has 2 aromatic rings. The SMILES string of the molecule is CC1CC(/C(=N/N)NN)CCN1CCOc1ccc(Cc2ccccc2)cc1.